The van der Waals surface area contributed by atoms with Gasteiger partial charge in [0.15, 0.2) is 0 Å². The number of nitrogens with zero attached hydrogens (tertiary/aromatic N) is 1. The van der Waals surface area contributed by atoms with Gasteiger partial charge in [-0.15, -0.1) is 0 Å². The molecule has 0 unspecified atom stereocenters. The van der Waals surface area contributed by atoms with E-state index >= 15 is 0 Å². The van der Waals surface area contributed by atoms with Gasteiger partial charge in [-0.05, 0) is 55.9 Å². The molecule has 6 heteroatoms. The highest BCUT2D eigenvalue weighted by Crippen LogP contribution is 2.23. The van der Waals surface area contributed by atoms with Crippen LogP contribution in [0.1, 0.15) is 53.0 Å². The highest BCUT2D eigenvalue weighted by atomic mass is 16.2. The molecule has 2 N–H and O–H groups in total. The fourth-order valence-electron chi connectivity index (χ4n) is 4.02. The monoisotopic (exact) mass is 435 g/mol. The van der Waals surface area contributed by atoms with Crippen LogP contribution in [0.4, 0.5) is 0 Å². The van der Waals surface area contributed by atoms with Crippen molar-refractivity contribution in [3.63, 3.8) is 0 Å². The van der Waals surface area contributed by atoms with Gasteiger partial charge in [-0.2, -0.15) is 0 Å². The van der Waals surface area contributed by atoms with Crippen molar-refractivity contribution in [2.24, 2.45) is 11.8 Å². The number of nitrogens with one attached hydrogen (secondary N) is 2. The first-order chi connectivity index (χ1) is 15.3. The predicted molar refractivity (Wildman–Crippen MR) is 125 cm³/mol. The molecule has 2 aromatic carbocycles. The Hall–Kier alpha value is -3.15. The largest absolute Gasteiger partial charge is 0.354 e. The van der Waals surface area contributed by atoms with Gasteiger partial charge in [0, 0.05) is 30.8 Å². The molecular weight excluding hydrogens is 402 g/mol. The van der Waals surface area contributed by atoms with Crippen molar-refractivity contribution < 1.29 is 14.4 Å². The van der Waals surface area contributed by atoms with Crippen LogP contribution in [-0.2, 0) is 4.79 Å². The highest BCUT2D eigenvalue weighted by molar-refractivity contribution is 5.97. The number of carbonyl (C=O) groups is 3. The maximum Gasteiger partial charge on any atom is 0.253 e. The lowest BCUT2D eigenvalue weighted by molar-refractivity contribution is -0.124. The minimum Gasteiger partial charge on any atom is -0.354 e. The van der Waals surface area contributed by atoms with E-state index in [0.717, 1.165) is 5.56 Å². The third-order valence-corrected chi connectivity index (χ3v) is 5.85. The summed E-state index contributed by atoms with van der Waals surface area (Å²) in [6, 6.07) is 15.9. The molecule has 6 nitrogen and oxygen atoms in total. The Morgan fingerprint density at radius 2 is 1.62 bits per heavy atom. The number of benzene rings is 2. The Morgan fingerprint density at radius 3 is 2.25 bits per heavy atom. The van der Waals surface area contributed by atoms with Gasteiger partial charge >= 0.3 is 0 Å². The number of hydrogen-bond donors (Lipinski definition) is 2. The SMILES string of the molecule is Cc1cccc(C(=O)N2CCC([C@H](NC(=O)c3ccccc3)C(=O)NCC(C)C)CC2)c1. The number of aryl methyl sites for hydroxylation is 1. The molecule has 1 atom stereocenters. The first-order valence-electron chi connectivity index (χ1n) is 11.3. The molecule has 1 heterocycles. The number of hydrogen-bond acceptors (Lipinski definition) is 3. The van der Waals surface area contributed by atoms with Crippen LogP contribution in [0.15, 0.2) is 54.6 Å². The molecule has 32 heavy (non-hydrogen) atoms. The van der Waals surface area contributed by atoms with E-state index in [1.54, 1.807) is 24.3 Å². The summed E-state index contributed by atoms with van der Waals surface area (Å²) in [6.45, 7) is 7.72. The smallest absolute Gasteiger partial charge is 0.253 e. The lowest BCUT2D eigenvalue weighted by Gasteiger charge is -2.36. The standard InChI is InChI=1S/C26H33N3O3/c1-18(2)17-27-25(31)23(28-24(30)21-9-5-4-6-10-21)20-12-14-29(15-13-20)26(32)22-11-7-8-19(3)16-22/h4-11,16,18,20,23H,12-15,17H2,1-3H3,(H,27,31)(H,28,30)/t23-/m0/s1. The van der Waals surface area contributed by atoms with Crippen LogP contribution in [0.2, 0.25) is 0 Å². The second-order valence-electron chi connectivity index (χ2n) is 8.96. The Bertz CT molecular complexity index is 934. The van der Waals surface area contributed by atoms with E-state index in [1.807, 2.05) is 56.0 Å². The molecule has 170 valence electrons. The molecule has 0 aromatic heterocycles. The molecule has 1 aliphatic rings. The molecule has 0 radical (unpaired) electrons. The van der Waals surface area contributed by atoms with E-state index in [4.69, 9.17) is 0 Å². The molecule has 0 bridgehead atoms. The van der Waals surface area contributed by atoms with Crippen LogP contribution in [0.5, 0.6) is 0 Å². The Labute approximate surface area is 190 Å². The summed E-state index contributed by atoms with van der Waals surface area (Å²) < 4.78 is 0. The summed E-state index contributed by atoms with van der Waals surface area (Å²) in [5, 5.41) is 5.92. The van der Waals surface area contributed by atoms with Gasteiger partial charge in [-0.3, -0.25) is 14.4 Å². The van der Waals surface area contributed by atoms with Crippen molar-refractivity contribution in [1.82, 2.24) is 15.5 Å². The first kappa shape index (κ1) is 23.5. The van der Waals surface area contributed by atoms with Crippen molar-refractivity contribution >= 4 is 17.7 Å². The van der Waals surface area contributed by atoms with Gasteiger partial charge < -0.3 is 15.5 Å². The Kier molecular flexibility index (Phi) is 8.03. The quantitative estimate of drug-likeness (QED) is 0.700. The molecule has 3 amide bonds. The summed E-state index contributed by atoms with van der Waals surface area (Å²) >= 11 is 0. The van der Waals surface area contributed by atoms with Gasteiger partial charge in [-0.1, -0.05) is 49.7 Å². The maximum absolute atomic E-state index is 13.0. The number of carbonyl (C=O) groups excluding carboxylic acids is 3. The summed E-state index contributed by atoms with van der Waals surface area (Å²) in [4.78, 5) is 40.5. The zero-order chi connectivity index (χ0) is 23.1. The number of amides is 3. The Morgan fingerprint density at radius 1 is 0.969 bits per heavy atom. The average Bonchev–Trinajstić information content (AvgIpc) is 2.81. The number of piperidine rings is 1. The summed E-state index contributed by atoms with van der Waals surface area (Å²) in [5.74, 6) is -0.115. The fraction of sp³-hybridized carbons (Fsp3) is 0.423. The first-order valence-corrected chi connectivity index (χ1v) is 11.3. The van der Waals surface area contributed by atoms with E-state index < -0.39 is 6.04 Å². The molecule has 0 spiro atoms. The van der Waals surface area contributed by atoms with Crippen LogP contribution < -0.4 is 10.6 Å². The normalized spacial score (nSPS) is 15.3. The van der Waals surface area contributed by atoms with Crippen LogP contribution in [-0.4, -0.2) is 48.3 Å². The molecule has 0 aliphatic carbocycles. The zero-order valence-electron chi connectivity index (χ0n) is 19.1. The van der Waals surface area contributed by atoms with Crippen molar-refractivity contribution in [2.45, 2.75) is 39.7 Å². The van der Waals surface area contributed by atoms with Gasteiger partial charge in [-0.25, -0.2) is 0 Å². The van der Waals surface area contributed by atoms with Crippen LogP contribution >= 0.6 is 0 Å². The molecule has 1 aliphatic heterocycles. The van der Waals surface area contributed by atoms with E-state index in [2.05, 4.69) is 10.6 Å². The van der Waals surface area contributed by atoms with Gasteiger partial charge in [0.2, 0.25) is 5.91 Å². The third-order valence-electron chi connectivity index (χ3n) is 5.85. The summed E-state index contributed by atoms with van der Waals surface area (Å²) in [6.07, 6.45) is 1.32. The van der Waals surface area contributed by atoms with E-state index in [9.17, 15) is 14.4 Å². The molecule has 1 saturated heterocycles. The van der Waals surface area contributed by atoms with Gasteiger partial charge in [0.05, 0.1) is 0 Å². The fourth-order valence-corrected chi connectivity index (χ4v) is 4.02. The van der Waals surface area contributed by atoms with Crippen molar-refractivity contribution in [1.29, 1.82) is 0 Å². The van der Waals surface area contributed by atoms with Crippen molar-refractivity contribution in [2.75, 3.05) is 19.6 Å². The molecular formula is C26H33N3O3. The second-order valence-corrected chi connectivity index (χ2v) is 8.96. The molecule has 2 aromatic rings. The third kappa shape index (κ3) is 6.19. The minimum atomic E-state index is -0.627. The number of rotatable bonds is 7. The molecule has 3 rings (SSSR count). The molecule has 1 fully saturated rings. The minimum absolute atomic E-state index is 0.0151. The van der Waals surface area contributed by atoms with E-state index in [-0.39, 0.29) is 23.6 Å². The number of likely N-dealkylation sites (tertiary alicyclic amines) is 1. The van der Waals surface area contributed by atoms with Gasteiger partial charge in [0.25, 0.3) is 11.8 Å². The van der Waals surface area contributed by atoms with Crippen LogP contribution in [0.3, 0.4) is 0 Å². The topological polar surface area (TPSA) is 78.5 Å². The maximum atomic E-state index is 13.0. The average molecular weight is 436 g/mol. The lowest BCUT2D eigenvalue weighted by atomic mass is 9.88. The predicted octanol–water partition coefficient (Wildman–Crippen LogP) is 3.42. The molecule has 0 saturated carbocycles. The van der Waals surface area contributed by atoms with E-state index in [1.165, 1.54) is 0 Å². The van der Waals surface area contributed by atoms with Gasteiger partial charge in [0.1, 0.15) is 6.04 Å². The van der Waals surface area contributed by atoms with Crippen LogP contribution in [0, 0.1) is 18.8 Å². The van der Waals surface area contributed by atoms with Crippen molar-refractivity contribution in [3.8, 4) is 0 Å². The second kappa shape index (κ2) is 10.9. The van der Waals surface area contributed by atoms with Crippen molar-refractivity contribution in [3.05, 3.63) is 71.3 Å². The lowest BCUT2D eigenvalue weighted by Crippen LogP contribution is -2.54. The zero-order valence-corrected chi connectivity index (χ0v) is 19.1. The summed E-state index contributed by atoms with van der Waals surface area (Å²) in [5.41, 5.74) is 2.27. The van der Waals surface area contributed by atoms with Crippen LogP contribution in [0.25, 0.3) is 0 Å². The Balaban J connectivity index is 1.67. The highest BCUT2D eigenvalue weighted by Gasteiger charge is 2.34. The summed E-state index contributed by atoms with van der Waals surface area (Å²) in [7, 11) is 0. The van der Waals surface area contributed by atoms with E-state index in [0.29, 0.717) is 49.5 Å².